The lowest BCUT2D eigenvalue weighted by Crippen LogP contribution is -2.50. The van der Waals surface area contributed by atoms with Crippen LogP contribution in [0.5, 0.6) is 0 Å². The maximum atomic E-state index is 11.8. The maximum Gasteiger partial charge on any atom is 0.409 e. The number of amides is 1. The summed E-state index contributed by atoms with van der Waals surface area (Å²) in [5.41, 5.74) is 2.04. The number of imidazole rings is 1. The molecule has 0 spiro atoms. The molecule has 160 valence electrons. The first-order chi connectivity index (χ1) is 13.7. The summed E-state index contributed by atoms with van der Waals surface area (Å²) in [5.74, 6) is 1.76. The molecule has 8 nitrogen and oxygen atoms in total. The minimum absolute atomic E-state index is 0. The van der Waals surface area contributed by atoms with E-state index < -0.39 is 0 Å². The van der Waals surface area contributed by atoms with Gasteiger partial charge in [-0.15, -0.1) is 24.0 Å². The molecule has 9 heteroatoms. The predicted octanol–water partition coefficient (Wildman–Crippen LogP) is 2.90. The first-order valence-corrected chi connectivity index (χ1v) is 10.1. The van der Waals surface area contributed by atoms with Crippen LogP contribution in [-0.4, -0.2) is 65.7 Å². The number of carbonyl (C=O) groups excluding carboxylic acids is 1. The van der Waals surface area contributed by atoms with E-state index in [2.05, 4.69) is 32.5 Å². The van der Waals surface area contributed by atoms with Gasteiger partial charge in [0.1, 0.15) is 5.82 Å². The van der Waals surface area contributed by atoms with Gasteiger partial charge in [0.05, 0.1) is 17.6 Å². The van der Waals surface area contributed by atoms with E-state index in [1.165, 1.54) is 0 Å². The number of ether oxygens (including phenoxy) is 1. The first-order valence-electron chi connectivity index (χ1n) is 10.1. The highest BCUT2D eigenvalue weighted by molar-refractivity contribution is 14.0. The molecule has 1 aromatic carbocycles. The van der Waals surface area contributed by atoms with Gasteiger partial charge in [-0.25, -0.2) is 9.78 Å². The Kier molecular flexibility index (Phi) is 9.49. The number of rotatable bonds is 6. The van der Waals surface area contributed by atoms with E-state index in [-0.39, 0.29) is 30.1 Å². The van der Waals surface area contributed by atoms with Crippen LogP contribution < -0.4 is 10.6 Å². The molecule has 0 bridgehead atoms. The number of carbonyl (C=O) groups is 1. The van der Waals surface area contributed by atoms with Crippen molar-refractivity contribution in [2.75, 3.05) is 32.8 Å². The number of para-hydroxylation sites is 2. The summed E-state index contributed by atoms with van der Waals surface area (Å²) in [7, 11) is 0. The van der Waals surface area contributed by atoms with Gasteiger partial charge in [-0.2, -0.15) is 0 Å². The Labute approximate surface area is 188 Å². The van der Waals surface area contributed by atoms with Gasteiger partial charge in [0, 0.05) is 38.6 Å². The number of hydrogen-bond donors (Lipinski definition) is 3. The number of aliphatic imine (C=N–C) groups is 1. The molecule has 1 aliphatic heterocycles. The standard InChI is InChI=1S/C20H30N6O2.HI/c1-3-21-19(23-15-10-13-26(14-11-15)20(27)28-4-2)22-12-9-18-24-16-7-5-6-8-17(16)25-18;/h5-8,15H,3-4,9-14H2,1-2H3,(H,24,25)(H2,21,22,23);1H. The van der Waals surface area contributed by atoms with E-state index >= 15 is 0 Å². The number of H-pyrrole nitrogens is 1. The fourth-order valence-corrected chi connectivity index (χ4v) is 3.33. The number of aromatic nitrogens is 2. The molecular formula is C20H31IN6O2. The highest BCUT2D eigenvalue weighted by Crippen LogP contribution is 2.12. The molecule has 1 aliphatic rings. The van der Waals surface area contributed by atoms with Crippen molar-refractivity contribution in [1.82, 2.24) is 25.5 Å². The van der Waals surface area contributed by atoms with Crippen molar-refractivity contribution in [2.45, 2.75) is 39.2 Å². The topological polar surface area (TPSA) is 94.6 Å². The number of guanidine groups is 1. The number of hydrogen-bond acceptors (Lipinski definition) is 4. The molecule has 0 radical (unpaired) electrons. The number of nitrogens with zero attached hydrogens (tertiary/aromatic N) is 3. The average Bonchev–Trinajstić information content (AvgIpc) is 3.11. The second-order valence-electron chi connectivity index (χ2n) is 6.82. The van der Waals surface area contributed by atoms with Crippen molar-refractivity contribution in [3.8, 4) is 0 Å². The summed E-state index contributed by atoms with van der Waals surface area (Å²) in [5, 5.41) is 6.79. The van der Waals surface area contributed by atoms with Crippen LogP contribution in [-0.2, 0) is 11.2 Å². The summed E-state index contributed by atoms with van der Waals surface area (Å²) in [6, 6.07) is 8.33. The number of likely N-dealkylation sites (tertiary alicyclic amines) is 1. The summed E-state index contributed by atoms with van der Waals surface area (Å²) >= 11 is 0. The van der Waals surface area contributed by atoms with Crippen LogP contribution in [0.3, 0.4) is 0 Å². The monoisotopic (exact) mass is 514 g/mol. The molecule has 0 unspecified atom stereocenters. The molecule has 0 saturated carbocycles. The van der Waals surface area contributed by atoms with Crippen LogP contribution in [0.25, 0.3) is 11.0 Å². The molecule has 1 amide bonds. The quantitative estimate of drug-likeness (QED) is 0.313. The number of fused-ring (bicyclic) bond motifs is 1. The van der Waals surface area contributed by atoms with E-state index in [0.717, 1.165) is 48.6 Å². The van der Waals surface area contributed by atoms with Crippen LogP contribution in [0, 0.1) is 0 Å². The number of halogens is 1. The molecule has 1 saturated heterocycles. The second-order valence-corrected chi connectivity index (χ2v) is 6.82. The number of nitrogens with one attached hydrogen (secondary N) is 3. The van der Waals surface area contributed by atoms with Crippen LogP contribution in [0.15, 0.2) is 29.3 Å². The normalized spacial score (nSPS) is 15.1. The zero-order valence-corrected chi connectivity index (χ0v) is 19.4. The van der Waals surface area contributed by atoms with Crippen LogP contribution in [0.2, 0.25) is 0 Å². The molecule has 1 aromatic heterocycles. The highest BCUT2D eigenvalue weighted by atomic mass is 127. The lowest BCUT2D eigenvalue weighted by atomic mass is 10.1. The Morgan fingerprint density at radius 1 is 1.31 bits per heavy atom. The van der Waals surface area contributed by atoms with Crippen LogP contribution in [0.1, 0.15) is 32.5 Å². The molecule has 29 heavy (non-hydrogen) atoms. The smallest absolute Gasteiger partial charge is 0.409 e. The average molecular weight is 514 g/mol. The Bertz CT molecular complexity index is 768. The van der Waals surface area contributed by atoms with Crippen molar-refractivity contribution in [3.63, 3.8) is 0 Å². The van der Waals surface area contributed by atoms with E-state index in [0.29, 0.717) is 32.3 Å². The van der Waals surface area contributed by atoms with Crippen molar-refractivity contribution in [3.05, 3.63) is 30.1 Å². The first kappa shape index (κ1) is 23.2. The molecule has 0 aliphatic carbocycles. The Hall–Kier alpha value is -2.04. The Morgan fingerprint density at radius 2 is 2.07 bits per heavy atom. The van der Waals surface area contributed by atoms with E-state index in [4.69, 9.17) is 4.74 Å². The number of aromatic amines is 1. The molecule has 1 fully saturated rings. The van der Waals surface area contributed by atoms with Crippen LogP contribution in [0.4, 0.5) is 4.79 Å². The Morgan fingerprint density at radius 3 is 2.76 bits per heavy atom. The zero-order chi connectivity index (χ0) is 19.8. The lowest BCUT2D eigenvalue weighted by molar-refractivity contribution is 0.0963. The Balaban J connectivity index is 0.00000300. The van der Waals surface area contributed by atoms with Gasteiger partial charge in [0.2, 0.25) is 0 Å². The summed E-state index contributed by atoms with van der Waals surface area (Å²) in [6.45, 7) is 7.16. The fraction of sp³-hybridized carbons (Fsp3) is 0.550. The highest BCUT2D eigenvalue weighted by Gasteiger charge is 2.24. The molecule has 0 atom stereocenters. The van der Waals surface area contributed by atoms with Gasteiger partial charge >= 0.3 is 6.09 Å². The minimum atomic E-state index is -0.215. The maximum absolute atomic E-state index is 11.8. The van der Waals surface area contributed by atoms with Crippen molar-refractivity contribution < 1.29 is 9.53 Å². The third-order valence-electron chi connectivity index (χ3n) is 4.76. The van der Waals surface area contributed by atoms with E-state index in [1.807, 2.05) is 31.2 Å². The largest absolute Gasteiger partial charge is 0.450 e. The van der Waals surface area contributed by atoms with Gasteiger partial charge < -0.3 is 25.3 Å². The lowest BCUT2D eigenvalue weighted by Gasteiger charge is -2.32. The predicted molar refractivity (Wildman–Crippen MR) is 126 cm³/mol. The van der Waals surface area contributed by atoms with E-state index in [1.54, 1.807) is 4.90 Å². The molecule has 3 N–H and O–H groups in total. The second kappa shape index (κ2) is 11.8. The SMILES string of the molecule is CCNC(=NCCc1nc2ccccc2[nH]1)NC1CCN(C(=O)OCC)CC1.I. The van der Waals surface area contributed by atoms with Gasteiger partial charge in [-0.3, -0.25) is 4.99 Å². The molecular weight excluding hydrogens is 483 g/mol. The third kappa shape index (κ3) is 6.76. The molecule has 2 aromatic rings. The van der Waals surface area contributed by atoms with Gasteiger partial charge in [-0.1, -0.05) is 12.1 Å². The summed E-state index contributed by atoms with van der Waals surface area (Å²) < 4.78 is 5.07. The van der Waals surface area contributed by atoms with Crippen molar-refractivity contribution in [2.24, 2.45) is 4.99 Å². The van der Waals surface area contributed by atoms with E-state index in [9.17, 15) is 4.79 Å². The number of benzene rings is 1. The van der Waals surface area contributed by atoms with Crippen molar-refractivity contribution >= 4 is 47.1 Å². The fourth-order valence-electron chi connectivity index (χ4n) is 3.33. The van der Waals surface area contributed by atoms with Crippen LogP contribution >= 0.6 is 24.0 Å². The summed E-state index contributed by atoms with van der Waals surface area (Å²) in [6.07, 6.45) is 2.30. The number of piperidine rings is 1. The third-order valence-corrected chi connectivity index (χ3v) is 4.76. The minimum Gasteiger partial charge on any atom is -0.450 e. The summed E-state index contributed by atoms with van der Waals surface area (Å²) in [4.78, 5) is 26.2. The molecule has 3 rings (SSSR count). The zero-order valence-electron chi connectivity index (χ0n) is 17.1. The molecule has 2 heterocycles. The van der Waals surface area contributed by atoms with Gasteiger partial charge in [0.15, 0.2) is 5.96 Å². The van der Waals surface area contributed by atoms with Gasteiger partial charge in [0.25, 0.3) is 0 Å². The van der Waals surface area contributed by atoms with Crippen molar-refractivity contribution in [1.29, 1.82) is 0 Å². The van der Waals surface area contributed by atoms with Gasteiger partial charge in [-0.05, 0) is 38.8 Å².